The van der Waals surface area contributed by atoms with Crippen LogP contribution in [0.15, 0.2) is 42.5 Å². The first-order chi connectivity index (χ1) is 12.0. The summed E-state index contributed by atoms with van der Waals surface area (Å²) >= 11 is 11.9. The number of carbonyl (C=O) groups excluding carboxylic acids is 1. The summed E-state index contributed by atoms with van der Waals surface area (Å²) in [4.78, 5) is 12.1. The lowest BCUT2D eigenvalue weighted by atomic mass is 10.1. The van der Waals surface area contributed by atoms with E-state index in [2.05, 4.69) is 5.32 Å². The maximum atomic E-state index is 12.1. The van der Waals surface area contributed by atoms with Gasteiger partial charge in [0, 0.05) is 11.6 Å². The molecule has 134 valence electrons. The Morgan fingerprint density at radius 3 is 2.52 bits per heavy atom. The van der Waals surface area contributed by atoms with Crippen LogP contribution in [0.4, 0.5) is 0 Å². The van der Waals surface area contributed by atoms with Crippen molar-refractivity contribution in [1.29, 1.82) is 0 Å². The van der Waals surface area contributed by atoms with Crippen LogP contribution >= 0.6 is 23.2 Å². The maximum absolute atomic E-state index is 12.1. The van der Waals surface area contributed by atoms with Crippen molar-refractivity contribution in [2.75, 3.05) is 13.7 Å². The molecule has 0 heterocycles. The molecule has 25 heavy (non-hydrogen) atoms. The van der Waals surface area contributed by atoms with E-state index in [1.165, 1.54) is 5.56 Å². The van der Waals surface area contributed by atoms with Crippen molar-refractivity contribution in [1.82, 2.24) is 5.32 Å². The van der Waals surface area contributed by atoms with E-state index in [1.807, 2.05) is 24.3 Å². The zero-order valence-electron chi connectivity index (χ0n) is 14.2. The van der Waals surface area contributed by atoms with Gasteiger partial charge in [0.1, 0.15) is 11.5 Å². The average molecular weight is 382 g/mol. The third kappa shape index (κ3) is 6.15. The predicted octanol–water partition coefficient (Wildman–Crippen LogP) is 4.52. The number of ether oxygens (including phenoxy) is 2. The van der Waals surface area contributed by atoms with E-state index >= 15 is 0 Å². The Bertz CT molecular complexity index is 704. The number of benzene rings is 2. The Morgan fingerprint density at radius 2 is 1.88 bits per heavy atom. The van der Waals surface area contributed by atoms with E-state index in [0.717, 1.165) is 18.6 Å². The van der Waals surface area contributed by atoms with Crippen LogP contribution in [0.5, 0.6) is 11.5 Å². The molecule has 2 rings (SSSR count). The monoisotopic (exact) mass is 381 g/mol. The van der Waals surface area contributed by atoms with Gasteiger partial charge in [-0.25, -0.2) is 0 Å². The fraction of sp³-hybridized carbons (Fsp3) is 0.316. The third-order valence-electron chi connectivity index (χ3n) is 3.67. The molecule has 0 saturated heterocycles. The molecule has 2 aromatic rings. The molecule has 0 aromatic heterocycles. The molecule has 1 unspecified atom stereocenters. The van der Waals surface area contributed by atoms with E-state index in [0.29, 0.717) is 22.3 Å². The van der Waals surface area contributed by atoms with Crippen molar-refractivity contribution in [3.8, 4) is 11.5 Å². The second-order valence-electron chi connectivity index (χ2n) is 5.58. The van der Waals surface area contributed by atoms with Crippen LogP contribution in [0.25, 0.3) is 0 Å². The standard InChI is InChI=1S/C19H21Cl2NO3/c1-13(25-18-10-7-15(20)12-17(18)21)19(23)22-11-3-4-14-5-8-16(24-2)9-6-14/h5-10,12-13H,3-4,11H2,1-2H3,(H,22,23). The number of amides is 1. The molecule has 0 spiro atoms. The zero-order chi connectivity index (χ0) is 18.2. The zero-order valence-corrected chi connectivity index (χ0v) is 15.7. The molecule has 0 bridgehead atoms. The molecule has 0 aliphatic carbocycles. The molecule has 1 atom stereocenters. The largest absolute Gasteiger partial charge is 0.497 e. The molecule has 6 heteroatoms. The van der Waals surface area contributed by atoms with Gasteiger partial charge in [-0.2, -0.15) is 0 Å². The maximum Gasteiger partial charge on any atom is 0.260 e. The van der Waals surface area contributed by atoms with Crippen molar-refractivity contribution >= 4 is 29.1 Å². The SMILES string of the molecule is COc1ccc(CCCNC(=O)C(C)Oc2ccc(Cl)cc2Cl)cc1. The molecule has 0 fully saturated rings. The lowest BCUT2D eigenvalue weighted by Gasteiger charge is -2.15. The summed E-state index contributed by atoms with van der Waals surface area (Å²) < 4.78 is 10.7. The van der Waals surface area contributed by atoms with Crippen molar-refractivity contribution in [3.05, 3.63) is 58.1 Å². The number of halogens is 2. The van der Waals surface area contributed by atoms with E-state index in [4.69, 9.17) is 32.7 Å². The van der Waals surface area contributed by atoms with Gasteiger partial charge in [-0.15, -0.1) is 0 Å². The van der Waals surface area contributed by atoms with Crippen molar-refractivity contribution in [3.63, 3.8) is 0 Å². The Labute approximate surface area is 158 Å². The average Bonchev–Trinajstić information content (AvgIpc) is 2.61. The number of aryl methyl sites for hydroxylation is 1. The van der Waals surface area contributed by atoms with Gasteiger partial charge < -0.3 is 14.8 Å². The van der Waals surface area contributed by atoms with Gasteiger partial charge in [0.25, 0.3) is 5.91 Å². The number of methoxy groups -OCH3 is 1. The molecule has 4 nitrogen and oxygen atoms in total. The molecule has 0 aliphatic heterocycles. The van der Waals surface area contributed by atoms with Crippen LogP contribution in [0.2, 0.25) is 10.0 Å². The summed E-state index contributed by atoms with van der Waals surface area (Å²) in [6.07, 6.45) is 1.08. The van der Waals surface area contributed by atoms with Gasteiger partial charge in [-0.3, -0.25) is 4.79 Å². The summed E-state index contributed by atoms with van der Waals surface area (Å²) in [7, 11) is 1.64. The normalized spacial score (nSPS) is 11.7. The number of hydrogen-bond donors (Lipinski definition) is 1. The highest BCUT2D eigenvalue weighted by molar-refractivity contribution is 6.35. The topological polar surface area (TPSA) is 47.6 Å². The van der Waals surface area contributed by atoms with Gasteiger partial charge in [0.2, 0.25) is 0 Å². The lowest BCUT2D eigenvalue weighted by Crippen LogP contribution is -2.37. The highest BCUT2D eigenvalue weighted by Gasteiger charge is 2.15. The molecule has 1 amide bonds. The first-order valence-electron chi connectivity index (χ1n) is 8.02. The van der Waals surface area contributed by atoms with E-state index in [9.17, 15) is 4.79 Å². The van der Waals surface area contributed by atoms with Crippen LogP contribution in [0, 0.1) is 0 Å². The van der Waals surface area contributed by atoms with Crippen LogP contribution in [-0.4, -0.2) is 25.7 Å². The second kappa shape index (κ2) is 9.54. The molecular formula is C19H21Cl2NO3. The van der Waals surface area contributed by atoms with Crippen molar-refractivity contribution in [2.24, 2.45) is 0 Å². The van der Waals surface area contributed by atoms with Crippen LogP contribution < -0.4 is 14.8 Å². The lowest BCUT2D eigenvalue weighted by molar-refractivity contribution is -0.127. The van der Waals surface area contributed by atoms with E-state index in [1.54, 1.807) is 32.2 Å². The second-order valence-corrected chi connectivity index (χ2v) is 6.42. The quantitative estimate of drug-likeness (QED) is 0.683. The predicted molar refractivity (Wildman–Crippen MR) is 101 cm³/mol. The summed E-state index contributed by atoms with van der Waals surface area (Å²) in [6.45, 7) is 2.26. The van der Waals surface area contributed by atoms with Crippen LogP contribution in [-0.2, 0) is 11.2 Å². The molecular weight excluding hydrogens is 361 g/mol. The number of nitrogens with one attached hydrogen (secondary N) is 1. The summed E-state index contributed by atoms with van der Waals surface area (Å²) in [6, 6.07) is 12.8. The molecule has 0 radical (unpaired) electrons. The Morgan fingerprint density at radius 1 is 1.16 bits per heavy atom. The molecule has 2 aromatic carbocycles. The summed E-state index contributed by atoms with van der Waals surface area (Å²) in [5.74, 6) is 1.09. The van der Waals surface area contributed by atoms with E-state index < -0.39 is 6.10 Å². The fourth-order valence-electron chi connectivity index (χ4n) is 2.25. The Hall–Kier alpha value is -1.91. The van der Waals surface area contributed by atoms with Crippen molar-refractivity contribution < 1.29 is 14.3 Å². The Balaban J connectivity index is 1.73. The first-order valence-corrected chi connectivity index (χ1v) is 8.77. The van der Waals surface area contributed by atoms with Gasteiger partial charge in [-0.1, -0.05) is 35.3 Å². The minimum atomic E-state index is -0.639. The minimum absolute atomic E-state index is 0.180. The number of rotatable bonds is 8. The highest BCUT2D eigenvalue weighted by atomic mass is 35.5. The van der Waals surface area contributed by atoms with Gasteiger partial charge in [-0.05, 0) is 55.7 Å². The summed E-state index contributed by atoms with van der Waals surface area (Å²) in [5, 5.41) is 3.77. The first kappa shape index (κ1) is 19.4. The van der Waals surface area contributed by atoms with E-state index in [-0.39, 0.29) is 5.91 Å². The fourth-order valence-corrected chi connectivity index (χ4v) is 2.71. The molecule has 0 aliphatic rings. The summed E-state index contributed by atoms with van der Waals surface area (Å²) in [5.41, 5.74) is 1.20. The third-order valence-corrected chi connectivity index (χ3v) is 4.20. The van der Waals surface area contributed by atoms with Gasteiger partial charge in [0.15, 0.2) is 6.10 Å². The van der Waals surface area contributed by atoms with Crippen LogP contribution in [0.1, 0.15) is 18.9 Å². The minimum Gasteiger partial charge on any atom is -0.497 e. The smallest absolute Gasteiger partial charge is 0.260 e. The van der Waals surface area contributed by atoms with Gasteiger partial charge >= 0.3 is 0 Å². The Kier molecular flexibility index (Phi) is 7.41. The van der Waals surface area contributed by atoms with Crippen molar-refractivity contribution in [2.45, 2.75) is 25.9 Å². The number of carbonyl (C=O) groups is 1. The number of hydrogen-bond acceptors (Lipinski definition) is 3. The van der Waals surface area contributed by atoms with Gasteiger partial charge in [0.05, 0.1) is 12.1 Å². The highest BCUT2D eigenvalue weighted by Crippen LogP contribution is 2.28. The molecule has 1 N–H and O–H groups in total. The van der Waals surface area contributed by atoms with Crippen LogP contribution in [0.3, 0.4) is 0 Å². The molecule has 0 saturated carbocycles.